The van der Waals surface area contributed by atoms with Gasteiger partial charge in [-0.1, -0.05) is 6.08 Å². The number of ether oxygens (including phenoxy) is 1. The van der Waals surface area contributed by atoms with Crippen molar-refractivity contribution in [3.63, 3.8) is 0 Å². The highest BCUT2D eigenvalue weighted by Crippen LogP contribution is 2.33. The number of hydrogen-bond acceptors (Lipinski definition) is 3. The van der Waals surface area contributed by atoms with Crippen LogP contribution in [0.25, 0.3) is 0 Å². The van der Waals surface area contributed by atoms with Crippen molar-refractivity contribution in [2.45, 2.75) is 6.42 Å². The first-order valence-electron chi connectivity index (χ1n) is 3.88. The van der Waals surface area contributed by atoms with Crippen LogP contribution in [0.2, 0.25) is 0 Å². The van der Waals surface area contributed by atoms with Gasteiger partial charge in [0.2, 0.25) is 0 Å². The van der Waals surface area contributed by atoms with Gasteiger partial charge in [-0.15, -0.1) is 6.58 Å². The third-order valence-electron chi connectivity index (χ3n) is 1.74. The third-order valence-corrected chi connectivity index (χ3v) is 1.74. The smallest absolute Gasteiger partial charge is 0.164 e. The Balaban J connectivity index is 3.12. The summed E-state index contributed by atoms with van der Waals surface area (Å²) in [6.07, 6.45) is 2.17. The van der Waals surface area contributed by atoms with Crippen LogP contribution in [0.4, 0.5) is 0 Å². The molecule has 0 unspecified atom stereocenters. The first-order valence-corrected chi connectivity index (χ1v) is 3.88. The van der Waals surface area contributed by atoms with E-state index in [0.717, 1.165) is 0 Å². The summed E-state index contributed by atoms with van der Waals surface area (Å²) in [4.78, 5) is 0. The zero-order valence-corrected chi connectivity index (χ0v) is 7.45. The Morgan fingerprint density at radius 2 is 2.08 bits per heavy atom. The summed E-state index contributed by atoms with van der Waals surface area (Å²) in [5.41, 5.74) is 0.633. The van der Waals surface area contributed by atoms with Crippen molar-refractivity contribution < 1.29 is 14.9 Å². The van der Waals surface area contributed by atoms with E-state index in [1.165, 1.54) is 19.2 Å². The standard InChI is InChI=1S/C10H12O3/c1-3-4-7-5-9(12)10(13-2)6-8(7)11/h3,5-6,11-12H,1,4H2,2H3. The van der Waals surface area contributed by atoms with E-state index in [1.54, 1.807) is 6.08 Å². The number of phenolic OH excluding ortho intramolecular Hbond substituents is 2. The third kappa shape index (κ3) is 1.93. The number of phenols is 2. The van der Waals surface area contributed by atoms with E-state index >= 15 is 0 Å². The molecule has 0 fully saturated rings. The molecule has 70 valence electrons. The molecule has 0 saturated heterocycles. The van der Waals surface area contributed by atoms with Crippen molar-refractivity contribution in [1.82, 2.24) is 0 Å². The van der Waals surface area contributed by atoms with Gasteiger partial charge in [0, 0.05) is 11.6 Å². The minimum atomic E-state index is 0.0251. The molecule has 0 atom stereocenters. The lowest BCUT2D eigenvalue weighted by atomic mass is 10.1. The Morgan fingerprint density at radius 3 is 2.62 bits per heavy atom. The summed E-state index contributed by atoms with van der Waals surface area (Å²) in [6.45, 7) is 3.55. The zero-order chi connectivity index (χ0) is 9.84. The number of hydrogen-bond donors (Lipinski definition) is 2. The highest BCUT2D eigenvalue weighted by molar-refractivity contribution is 5.49. The molecule has 0 aliphatic rings. The Labute approximate surface area is 76.9 Å². The first kappa shape index (κ1) is 9.45. The molecule has 0 heterocycles. The lowest BCUT2D eigenvalue weighted by Gasteiger charge is -2.07. The molecule has 13 heavy (non-hydrogen) atoms. The molecule has 0 saturated carbocycles. The monoisotopic (exact) mass is 180 g/mol. The SMILES string of the molecule is C=CCc1cc(O)c(OC)cc1O. The molecule has 0 amide bonds. The molecule has 1 rings (SSSR count). The maximum absolute atomic E-state index is 9.44. The topological polar surface area (TPSA) is 49.7 Å². The van der Waals surface area contributed by atoms with Crippen LogP contribution in [0, 0.1) is 0 Å². The number of allylic oxidation sites excluding steroid dienone is 1. The van der Waals surface area contributed by atoms with E-state index in [-0.39, 0.29) is 17.2 Å². The maximum Gasteiger partial charge on any atom is 0.164 e. The van der Waals surface area contributed by atoms with Gasteiger partial charge in [0.25, 0.3) is 0 Å². The number of methoxy groups -OCH3 is 1. The fourth-order valence-corrected chi connectivity index (χ4v) is 1.08. The Bertz CT molecular complexity index is 318. The Kier molecular flexibility index (Phi) is 2.80. The van der Waals surface area contributed by atoms with Gasteiger partial charge in [-0.2, -0.15) is 0 Å². The molecule has 3 nitrogen and oxygen atoms in total. The second-order valence-corrected chi connectivity index (χ2v) is 2.65. The fraction of sp³-hybridized carbons (Fsp3) is 0.200. The van der Waals surface area contributed by atoms with E-state index in [2.05, 4.69) is 6.58 Å². The molecule has 0 bridgehead atoms. The number of aromatic hydroxyl groups is 2. The van der Waals surface area contributed by atoms with Crippen LogP contribution in [0.3, 0.4) is 0 Å². The minimum Gasteiger partial charge on any atom is -0.508 e. The summed E-state index contributed by atoms with van der Waals surface area (Å²) in [5, 5.41) is 18.8. The van der Waals surface area contributed by atoms with Crippen LogP contribution in [0.15, 0.2) is 24.8 Å². The van der Waals surface area contributed by atoms with Gasteiger partial charge >= 0.3 is 0 Å². The van der Waals surface area contributed by atoms with E-state index in [0.29, 0.717) is 12.0 Å². The van der Waals surface area contributed by atoms with Gasteiger partial charge in [-0.25, -0.2) is 0 Å². The van der Waals surface area contributed by atoms with Crippen LogP contribution < -0.4 is 4.74 Å². The van der Waals surface area contributed by atoms with Crippen LogP contribution in [-0.2, 0) is 6.42 Å². The first-order chi connectivity index (χ1) is 6.19. The summed E-state index contributed by atoms with van der Waals surface area (Å²) < 4.78 is 4.82. The molecule has 3 heteroatoms. The minimum absolute atomic E-state index is 0.0251. The second-order valence-electron chi connectivity index (χ2n) is 2.65. The average molecular weight is 180 g/mol. The Hall–Kier alpha value is -1.64. The molecule has 0 spiro atoms. The molecule has 1 aromatic rings. The molecular weight excluding hydrogens is 168 g/mol. The van der Waals surface area contributed by atoms with Gasteiger partial charge in [-0.05, 0) is 12.5 Å². The van der Waals surface area contributed by atoms with E-state index < -0.39 is 0 Å². The van der Waals surface area contributed by atoms with E-state index in [9.17, 15) is 10.2 Å². The highest BCUT2D eigenvalue weighted by atomic mass is 16.5. The van der Waals surface area contributed by atoms with Crippen LogP contribution in [0.1, 0.15) is 5.56 Å². The maximum atomic E-state index is 9.44. The molecule has 0 aromatic heterocycles. The average Bonchev–Trinajstić information content (AvgIpc) is 2.11. The van der Waals surface area contributed by atoms with Gasteiger partial charge < -0.3 is 14.9 Å². The van der Waals surface area contributed by atoms with Crippen LogP contribution in [0.5, 0.6) is 17.2 Å². The van der Waals surface area contributed by atoms with E-state index in [1.807, 2.05) is 0 Å². The molecule has 0 aliphatic heterocycles. The van der Waals surface area contributed by atoms with Crippen LogP contribution in [-0.4, -0.2) is 17.3 Å². The zero-order valence-electron chi connectivity index (χ0n) is 7.45. The Morgan fingerprint density at radius 1 is 1.38 bits per heavy atom. The normalized spacial score (nSPS) is 9.62. The van der Waals surface area contributed by atoms with Gasteiger partial charge in [-0.3, -0.25) is 0 Å². The summed E-state index contributed by atoms with van der Waals surface area (Å²) in [7, 11) is 1.43. The van der Waals surface area contributed by atoms with Crippen LogP contribution >= 0.6 is 0 Å². The van der Waals surface area contributed by atoms with Crippen molar-refractivity contribution in [3.8, 4) is 17.2 Å². The van der Waals surface area contributed by atoms with E-state index in [4.69, 9.17) is 4.74 Å². The van der Waals surface area contributed by atoms with Gasteiger partial charge in [0.05, 0.1) is 7.11 Å². The highest BCUT2D eigenvalue weighted by Gasteiger charge is 2.07. The van der Waals surface area contributed by atoms with Crippen molar-refractivity contribution in [1.29, 1.82) is 0 Å². The summed E-state index contributed by atoms with van der Waals surface area (Å²) >= 11 is 0. The fourth-order valence-electron chi connectivity index (χ4n) is 1.08. The predicted molar refractivity (Wildman–Crippen MR) is 50.2 cm³/mol. The number of benzene rings is 1. The predicted octanol–water partition coefficient (Wildman–Crippen LogP) is 1.83. The number of rotatable bonds is 3. The molecule has 2 N–H and O–H groups in total. The van der Waals surface area contributed by atoms with Crippen molar-refractivity contribution in [2.24, 2.45) is 0 Å². The van der Waals surface area contributed by atoms with Crippen molar-refractivity contribution in [2.75, 3.05) is 7.11 Å². The van der Waals surface area contributed by atoms with Crippen molar-refractivity contribution in [3.05, 3.63) is 30.4 Å². The molecule has 1 aromatic carbocycles. The summed E-state index contributed by atoms with van der Waals surface area (Å²) in [6, 6.07) is 2.85. The van der Waals surface area contributed by atoms with Gasteiger partial charge in [0.15, 0.2) is 11.5 Å². The quantitative estimate of drug-likeness (QED) is 0.551. The van der Waals surface area contributed by atoms with Crippen molar-refractivity contribution >= 4 is 0 Å². The lowest BCUT2D eigenvalue weighted by molar-refractivity contribution is 0.367. The molecule has 0 aliphatic carbocycles. The molecular formula is C10H12O3. The van der Waals surface area contributed by atoms with Gasteiger partial charge in [0.1, 0.15) is 5.75 Å². The largest absolute Gasteiger partial charge is 0.508 e. The lowest BCUT2D eigenvalue weighted by Crippen LogP contribution is -1.87. The second kappa shape index (κ2) is 3.85. The summed E-state index contributed by atoms with van der Waals surface area (Å²) in [5.74, 6) is 0.400. The molecule has 0 radical (unpaired) electrons.